The maximum Gasteiger partial charge on any atom is 0.117 e. The summed E-state index contributed by atoms with van der Waals surface area (Å²) in [6.45, 7) is 1.82. The number of nitrogens with zero attached hydrogens (tertiary/aromatic N) is 1. The van der Waals surface area contributed by atoms with Gasteiger partial charge in [-0.1, -0.05) is 12.2 Å². The van der Waals surface area contributed by atoms with Crippen LogP contribution in [0.3, 0.4) is 0 Å². The highest BCUT2D eigenvalue weighted by Gasteiger charge is 2.02. The van der Waals surface area contributed by atoms with Crippen molar-refractivity contribution in [1.29, 1.82) is 0 Å². The zero-order chi connectivity index (χ0) is 10.4. The molecule has 0 aromatic carbocycles. The average Bonchev–Trinajstić information content (AvgIpc) is 2.56. The standard InChI is InChI=1S/C10H16N2OS/c1-12(6-2-5-10(11)14)8-9-4-3-7-13-9/h3-4,7H,2,5-6,8H2,1H3,(H2,11,14). The number of furan rings is 1. The molecule has 0 saturated heterocycles. The molecule has 3 nitrogen and oxygen atoms in total. The smallest absolute Gasteiger partial charge is 0.117 e. The quantitative estimate of drug-likeness (QED) is 0.730. The topological polar surface area (TPSA) is 42.4 Å². The molecule has 1 aromatic rings. The first-order valence-corrected chi connectivity index (χ1v) is 5.08. The Bertz CT molecular complexity index is 272. The monoisotopic (exact) mass is 212 g/mol. The van der Waals surface area contributed by atoms with Crippen molar-refractivity contribution in [3.63, 3.8) is 0 Å². The summed E-state index contributed by atoms with van der Waals surface area (Å²) in [5.41, 5.74) is 5.41. The van der Waals surface area contributed by atoms with Crippen molar-refractivity contribution in [2.45, 2.75) is 19.4 Å². The van der Waals surface area contributed by atoms with Crippen LogP contribution in [0, 0.1) is 0 Å². The van der Waals surface area contributed by atoms with E-state index in [0.29, 0.717) is 4.99 Å². The van der Waals surface area contributed by atoms with Crippen LogP contribution in [0.1, 0.15) is 18.6 Å². The van der Waals surface area contributed by atoms with Crippen molar-refractivity contribution >= 4 is 17.2 Å². The van der Waals surface area contributed by atoms with Gasteiger partial charge < -0.3 is 10.2 Å². The predicted octanol–water partition coefficient (Wildman–Crippen LogP) is 1.78. The van der Waals surface area contributed by atoms with Crippen molar-refractivity contribution in [1.82, 2.24) is 4.90 Å². The Morgan fingerprint density at radius 3 is 3.00 bits per heavy atom. The van der Waals surface area contributed by atoms with E-state index >= 15 is 0 Å². The van der Waals surface area contributed by atoms with Gasteiger partial charge in [-0.15, -0.1) is 0 Å². The third-order valence-corrected chi connectivity index (χ3v) is 2.17. The molecule has 14 heavy (non-hydrogen) atoms. The van der Waals surface area contributed by atoms with E-state index in [2.05, 4.69) is 11.9 Å². The van der Waals surface area contributed by atoms with Gasteiger partial charge in [-0.2, -0.15) is 0 Å². The fourth-order valence-corrected chi connectivity index (χ4v) is 1.42. The molecule has 1 aromatic heterocycles. The van der Waals surface area contributed by atoms with Gasteiger partial charge in [-0.05, 0) is 38.6 Å². The molecule has 1 rings (SSSR count). The summed E-state index contributed by atoms with van der Waals surface area (Å²) in [6, 6.07) is 3.88. The van der Waals surface area contributed by atoms with Crippen LogP contribution in [-0.2, 0) is 6.54 Å². The van der Waals surface area contributed by atoms with E-state index in [9.17, 15) is 0 Å². The maximum absolute atomic E-state index is 5.41. The Morgan fingerprint density at radius 2 is 2.43 bits per heavy atom. The van der Waals surface area contributed by atoms with Crippen molar-refractivity contribution in [3.05, 3.63) is 24.2 Å². The lowest BCUT2D eigenvalue weighted by atomic mass is 10.3. The van der Waals surface area contributed by atoms with Crippen LogP contribution in [-0.4, -0.2) is 23.5 Å². The fraction of sp³-hybridized carbons (Fsp3) is 0.500. The number of hydrogen-bond acceptors (Lipinski definition) is 3. The van der Waals surface area contributed by atoms with E-state index in [4.69, 9.17) is 22.4 Å². The molecule has 0 atom stereocenters. The predicted molar refractivity (Wildman–Crippen MR) is 61.1 cm³/mol. The van der Waals surface area contributed by atoms with E-state index < -0.39 is 0 Å². The highest BCUT2D eigenvalue weighted by molar-refractivity contribution is 7.80. The van der Waals surface area contributed by atoms with E-state index in [-0.39, 0.29) is 0 Å². The molecule has 78 valence electrons. The third kappa shape index (κ3) is 4.39. The zero-order valence-corrected chi connectivity index (χ0v) is 9.22. The van der Waals surface area contributed by atoms with E-state index in [0.717, 1.165) is 31.7 Å². The molecule has 0 bridgehead atoms. The van der Waals surface area contributed by atoms with Crippen LogP contribution >= 0.6 is 12.2 Å². The lowest BCUT2D eigenvalue weighted by Crippen LogP contribution is -2.20. The molecule has 0 amide bonds. The normalized spacial score (nSPS) is 10.7. The Balaban J connectivity index is 2.16. The van der Waals surface area contributed by atoms with Gasteiger partial charge >= 0.3 is 0 Å². The summed E-state index contributed by atoms with van der Waals surface area (Å²) in [6.07, 6.45) is 3.52. The molecule has 0 aliphatic heterocycles. The molecular formula is C10H16N2OS. The molecule has 0 aliphatic carbocycles. The molecular weight excluding hydrogens is 196 g/mol. The maximum atomic E-state index is 5.41. The largest absolute Gasteiger partial charge is 0.468 e. The molecule has 1 heterocycles. The molecule has 0 saturated carbocycles. The zero-order valence-electron chi connectivity index (χ0n) is 8.40. The SMILES string of the molecule is CN(CCCC(N)=S)Cc1ccco1. The van der Waals surface area contributed by atoms with Gasteiger partial charge in [-0.3, -0.25) is 4.90 Å². The summed E-state index contributed by atoms with van der Waals surface area (Å²) in [5, 5.41) is 0. The second-order valence-electron chi connectivity index (χ2n) is 3.39. The minimum absolute atomic E-state index is 0.594. The van der Waals surface area contributed by atoms with Crippen LogP contribution < -0.4 is 5.73 Å². The summed E-state index contributed by atoms with van der Waals surface area (Å²) < 4.78 is 5.24. The van der Waals surface area contributed by atoms with E-state index in [1.807, 2.05) is 12.1 Å². The van der Waals surface area contributed by atoms with Gasteiger partial charge in [0.2, 0.25) is 0 Å². The highest BCUT2D eigenvalue weighted by Crippen LogP contribution is 2.04. The molecule has 2 N–H and O–H groups in total. The second-order valence-corrected chi connectivity index (χ2v) is 3.91. The van der Waals surface area contributed by atoms with E-state index in [1.54, 1.807) is 6.26 Å². The van der Waals surface area contributed by atoms with Gasteiger partial charge in [0, 0.05) is 0 Å². The summed E-state index contributed by atoms with van der Waals surface area (Å²) in [4.78, 5) is 2.79. The second kappa shape index (κ2) is 5.78. The number of thiocarbonyl (C=S) groups is 1. The number of hydrogen-bond donors (Lipinski definition) is 1. The minimum Gasteiger partial charge on any atom is -0.468 e. The lowest BCUT2D eigenvalue weighted by Gasteiger charge is -2.14. The van der Waals surface area contributed by atoms with Crippen LogP contribution in [0.2, 0.25) is 0 Å². The van der Waals surface area contributed by atoms with Crippen LogP contribution in [0.5, 0.6) is 0 Å². The van der Waals surface area contributed by atoms with Gasteiger partial charge in [-0.25, -0.2) is 0 Å². The Hall–Kier alpha value is -0.870. The first kappa shape index (κ1) is 11.2. The summed E-state index contributed by atoms with van der Waals surface area (Å²) in [5.74, 6) is 0.989. The molecule has 0 unspecified atom stereocenters. The van der Waals surface area contributed by atoms with Gasteiger partial charge in [0.25, 0.3) is 0 Å². The van der Waals surface area contributed by atoms with Crippen molar-refractivity contribution in [2.75, 3.05) is 13.6 Å². The number of nitrogens with two attached hydrogens (primary N) is 1. The number of rotatable bonds is 6. The summed E-state index contributed by atoms with van der Waals surface area (Å²) in [7, 11) is 2.06. The average molecular weight is 212 g/mol. The third-order valence-electron chi connectivity index (χ3n) is 1.97. The summed E-state index contributed by atoms with van der Waals surface area (Å²) >= 11 is 4.80. The fourth-order valence-electron chi connectivity index (χ4n) is 1.27. The van der Waals surface area contributed by atoms with Crippen molar-refractivity contribution < 1.29 is 4.42 Å². The van der Waals surface area contributed by atoms with Crippen LogP contribution in [0.4, 0.5) is 0 Å². The molecule has 0 radical (unpaired) electrons. The Labute approximate surface area is 89.9 Å². The molecule has 0 aliphatic rings. The Morgan fingerprint density at radius 1 is 1.64 bits per heavy atom. The Kier molecular flexibility index (Phi) is 4.62. The lowest BCUT2D eigenvalue weighted by molar-refractivity contribution is 0.293. The van der Waals surface area contributed by atoms with Crippen LogP contribution in [0.15, 0.2) is 22.8 Å². The van der Waals surface area contributed by atoms with Crippen LogP contribution in [0.25, 0.3) is 0 Å². The van der Waals surface area contributed by atoms with E-state index in [1.165, 1.54) is 0 Å². The van der Waals surface area contributed by atoms with Gasteiger partial charge in [0.05, 0.1) is 17.8 Å². The molecule has 0 spiro atoms. The van der Waals surface area contributed by atoms with Crippen molar-refractivity contribution in [3.8, 4) is 0 Å². The van der Waals surface area contributed by atoms with Gasteiger partial charge in [0.15, 0.2) is 0 Å². The van der Waals surface area contributed by atoms with Gasteiger partial charge in [0.1, 0.15) is 5.76 Å². The first-order chi connectivity index (χ1) is 6.68. The molecule has 0 fully saturated rings. The van der Waals surface area contributed by atoms with Crippen molar-refractivity contribution in [2.24, 2.45) is 5.73 Å². The minimum atomic E-state index is 0.594. The molecule has 4 heteroatoms. The highest BCUT2D eigenvalue weighted by atomic mass is 32.1. The first-order valence-electron chi connectivity index (χ1n) is 4.67.